The molecule has 0 bridgehead atoms. The van der Waals surface area contributed by atoms with E-state index in [0.29, 0.717) is 13.1 Å². The third-order valence-electron chi connectivity index (χ3n) is 4.06. The van der Waals surface area contributed by atoms with E-state index in [4.69, 9.17) is 5.11 Å². The van der Waals surface area contributed by atoms with E-state index in [2.05, 4.69) is 5.32 Å². The standard InChI is InChI=1S/C15H22N2O3S/c1-17(10-12-5-3-7-21-12)14(18)9-16-8-11-4-2-6-13(11)15(19)20/h3,5,7,11,13,16H,2,4,6,8-10H2,1H3,(H,19,20). The number of rotatable bonds is 7. The highest BCUT2D eigenvalue weighted by atomic mass is 32.1. The van der Waals surface area contributed by atoms with Crippen LogP contribution in [0.15, 0.2) is 17.5 Å². The fraction of sp³-hybridized carbons (Fsp3) is 0.600. The lowest BCUT2D eigenvalue weighted by atomic mass is 9.96. The maximum atomic E-state index is 12.0. The van der Waals surface area contributed by atoms with Crippen molar-refractivity contribution in [3.05, 3.63) is 22.4 Å². The summed E-state index contributed by atoms with van der Waals surface area (Å²) in [6, 6.07) is 3.99. The molecule has 2 atom stereocenters. The zero-order valence-electron chi connectivity index (χ0n) is 12.2. The largest absolute Gasteiger partial charge is 0.481 e. The second kappa shape index (κ2) is 7.56. The summed E-state index contributed by atoms with van der Waals surface area (Å²) in [7, 11) is 1.79. The molecule has 1 aromatic heterocycles. The van der Waals surface area contributed by atoms with Crippen LogP contribution in [0.4, 0.5) is 0 Å². The van der Waals surface area contributed by atoms with Crippen LogP contribution in [0.1, 0.15) is 24.1 Å². The zero-order valence-corrected chi connectivity index (χ0v) is 13.1. The van der Waals surface area contributed by atoms with Gasteiger partial charge in [-0.3, -0.25) is 9.59 Å². The fourth-order valence-electron chi connectivity index (χ4n) is 2.83. The molecule has 0 aliphatic heterocycles. The molecule has 0 radical (unpaired) electrons. The van der Waals surface area contributed by atoms with Gasteiger partial charge in [-0.15, -0.1) is 11.3 Å². The van der Waals surface area contributed by atoms with Gasteiger partial charge in [0, 0.05) is 11.9 Å². The van der Waals surface area contributed by atoms with Gasteiger partial charge in [-0.25, -0.2) is 0 Å². The molecule has 21 heavy (non-hydrogen) atoms. The third-order valence-corrected chi connectivity index (χ3v) is 4.92. The summed E-state index contributed by atoms with van der Waals surface area (Å²) in [5.74, 6) is -0.775. The van der Waals surface area contributed by atoms with Crippen molar-refractivity contribution in [2.45, 2.75) is 25.8 Å². The summed E-state index contributed by atoms with van der Waals surface area (Å²) in [4.78, 5) is 26.0. The predicted octanol–water partition coefficient (Wildman–Crippen LogP) is 1.80. The third kappa shape index (κ3) is 4.54. The van der Waals surface area contributed by atoms with Crippen molar-refractivity contribution in [1.29, 1.82) is 0 Å². The molecular weight excluding hydrogens is 288 g/mol. The summed E-state index contributed by atoms with van der Waals surface area (Å²) in [5.41, 5.74) is 0. The minimum Gasteiger partial charge on any atom is -0.481 e. The molecule has 1 aliphatic rings. The molecule has 6 heteroatoms. The molecule has 1 amide bonds. The lowest BCUT2D eigenvalue weighted by Crippen LogP contribution is -2.38. The maximum Gasteiger partial charge on any atom is 0.306 e. The molecule has 0 saturated heterocycles. The first kappa shape index (κ1) is 16.0. The number of thiophene rings is 1. The van der Waals surface area contributed by atoms with Gasteiger partial charge >= 0.3 is 5.97 Å². The van der Waals surface area contributed by atoms with Crippen molar-refractivity contribution in [3.63, 3.8) is 0 Å². The molecule has 1 saturated carbocycles. The summed E-state index contributed by atoms with van der Waals surface area (Å²) < 4.78 is 0. The van der Waals surface area contributed by atoms with Gasteiger partial charge in [0.1, 0.15) is 0 Å². The molecule has 1 heterocycles. The number of nitrogens with one attached hydrogen (secondary N) is 1. The van der Waals surface area contributed by atoms with Crippen molar-refractivity contribution >= 4 is 23.2 Å². The number of carboxylic acid groups (broad SMARTS) is 1. The van der Waals surface area contributed by atoms with Gasteiger partial charge in [-0.05, 0) is 36.8 Å². The quantitative estimate of drug-likeness (QED) is 0.806. The summed E-state index contributed by atoms with van der Waals surface area (Å²) in [6.07, 6.45) is 2.66. The Morgan fingerprint density at radius 1 is 1.48 bits per heavy atom. The Bertz CT molecular complexity index is 475. The van der Waals surface area contributed by atoms with E-state index in [0.717, 1.165) is 24.1 Å². The maximum absolute atomic E-state index is 12.0. The van der Waals surface area contributed by atoms with Crippen LogP contribution in [-0.4, -0.2) is 42.0 Å². The molecule has 1 fully saturated rings. The average molecular weight is 310 g/mol. The number of nitrogens with zero attached hydrogens (tertiary/aromatic N) is 1. The minimum absolute atomic E-state index is 0.0354. The van der Waals surface area contributed by atoms with E-state index in [1.807, 2.05) is 17.5 Å². The fourth-order valence-corrected chi connectivity index (χ4v) is 3.59. The van der Waals surface area contributed by atoms with Crippen molar-refractivity contribution in [1.82, 2.24) is 10.2 Å². The van der Waals surface area contributed by atoms with Crippen LogP contribution < -0.4 is 5.32 Å². The van der Waals surface area contributed by atoms with E-state index in [1.54, 1.807) is 23.3 Å². The van der Waals surface area contributed by atoms with Crippen molar-refractivity contribution in [3.8, 4) is 0 Å². The number of hydrogen-bond donors (Lipinski definition) is 2. The number of carboxylic acids is 1. The van der Waals surface area contributed by atoms with Crippen LogP contribution in [0.2, 0.25) is 0 Å². The number of amides is 1. The first-order chi connectivity index (χ1) is 10.1. The highest BCUT2D eigenvalue weighted by molar-refractivity contribution is 7.09. The van der Waals surface area contributed by atoms with E-state index < -0.39 is 5.97 Å². The molecule has 0 spiro atoms. The van der Waals surface area contributed by atoms with Gasteiger partial charge in [-0.2, -0.15) is 0 Å². The lowest BCUT2D eigenvalue weighted by Gasteiger charge is -2.19. The summed E-state index contributed by atoms with van der Waals surface area (Å²) >= 11 is 1.64. The van der Waals surface area contributed by atoms with Crippen molar-refractivity contribution in [2.75, 3.05) is 20.1 Å². The van der Waals surface area contributed by atoms with E-state index >= 15 is 0 Å². The molecule has 5 nitrogen and oxygen atoms in total. The Labute approximate surface area is 129 Å². The van der Waals surface area contributed by atoms with Gasteiger partial charge in [0.15, 0.2) is 0 Å². The number of carbonyl (C=O) groups is 2. The number of likely N-dealkylation sites (N-methyl/N-ethyl adjacent to an activating group) is 1. The topological polar surface area (TPSA) is 69.6 Å². The van der Waals surface area contributed by atoms with Crippen molar-refractivity contribution in [2.24, 2.45) is 11.8 Å². The van der Waals surface area contributed by atoms with Crippen LogP contribution in [0, 0.1) is 11.8 Å². The summed E-state index contributed by atoms with van der Waals surface area (Å²) in [5, 5.41) is 14.2. The van der Waals surface area contributed by atoms with Gasteiger partial charge < -0.3 is 15.3 Å². The van der Waals surface area contributed by atoms with Gasteiger partial charge in [0.2, 0.25) is 5.91 Å². The molecule has 0 aromatic carbocycles. The van der Waals surface area contributed by atoms with Crippen LogP contribution >= 0.6 is 11.3 Å². The zero-order chi connectivity index (χ0) is 15.2. The van der Waals surface area contributed by atoms with Crippen LogP contribution in [0.3, 0.4) is 0 Å². The molecule has 2 N–H and O–H groups in total. The number of aliphatic carboxylic acids is 1. The van der Waals surface area contributed by atoms with Crippen LogP contribution in [0.25, 0.3) is 0 Å². The Morgan fingerprint density at radius 3 is 2.95 bits per heavy atom. The molecule has 1 aliphatic carbocycles. The normalized spacial score (nSPS) is 21.4. The molecule has 2 unspecified atom stereocenters. The van der Waals surface area contributed by atoms with Gasteiger partial charge in [0.25, 0.3) is 0 Å². The molecule has 116 valence electrons. The smallest absolute Gasteiger partial charge is 0.306 e. The van der Waals surface area contributed by atoms with E-state index in [1.165, 1.54) is 0 Å². The SMILES string of the molecule is CN(Cc1cccs1)C(=O)CNCC1CCCC1C(=O)O. The lowest BCUT2D eigenvalue weighted by molar-refractivity contribution is -0.142. The van der Waals surface area contributed by atoms with Crippen LogP contribution in [0.5, 0.6) is 0 Å². The Hall–Kier alpha value is -1.40. The first-order valence-corrected chi connectivity index (χ1v) is 8.15. The number of hydrogen-bond acceptors (Lipinski definition) is 4. The Balaban J connectivity index is 1.70. The summed E-state index contributed by atoms with van der Waals surface area (Å²) in [6.45, 7) is 1.50. The van der Waals surface area contributed by atoms with Gasteiger partial charge in [0.05, 0.1) is 19.0 Å². The minimum atomic E-state index is -0.708. The second-order valence-corrected chi connectivity index (χ2v) is 6.63. The Morgan fingerprint density at radius 2 is 2.29 bits per heavy atom. The van der Waals surface area contributed by atoms with E-state index in [-0.39, 0.29) is 24.3 Å². The average Bonchev–Trinajstić information content (AvgIpc) is 3.09. The van der Waals surface area contributed by atoms with Crippen molar-refractivity contribution < 1.29 is 14.7 Å². The van der Waals surface area contributed by atoms with Crippen LogP contribution in [-0.2, 0) is 16.1 Å². The predicted molar refractivity (Wildman–Crippen MR) is 82.1 cm³/mol. The molecule has 1 aromatic rings. The second-order valence-electron chi connectivity index (χ2n) is 5.60. The van der Waals surface area contributed by atoms with E-state index in [9.17, 15) is 9.59 Å². The van der Waals surface area contributed by atoms with Gasteiger partial charge in [-0.1, -0.05) is 12.5 Å². The highest BCUT2D eigenvalue weighted by Gasteiger charge is 2.32. The Kier molecular flexibility index (Phi) is 5.76. The number of carbonyl (C=O) groups excluding carboxylic acids is 1. The first-order valence-electron chi connectivity index (χ1n) is 7.28. The monoisotopic (exact) mass is 310 g/mol. The molecule has 2 rings (SSSR count). The molecular formula is C15H22N2O3S. The highest BCUT2D eigenvalue weighted by Crippen LogP contribution is 2.31.